The van der Waals surface area contributed by atoms with Gasteiger partial charge < -0.3 is 30.0 Å². The number of phenols is 1. The van der Waals surface area contributed by atoms with Gasteiger partial charge in [0.25, 0.3) is 0 Å². The van der Waals surface area contributed by atoms with Crippen LogP contribution in [0.1, 0.15) is 12.7 Å². The van der Waals surface area contributed by atoms with Crippen molar-refractivity contribution < 1.29 is 14.3 Å². The van der Waals surface area contributed by atoms with Gasteiger partial charge in [0.15, 0.2) is 5.96 Å². The molecule has 28 heavy (non-hydrogen) atoms. The normalized spacial score (nSPS) is 14.8. The van der Waals surface area contributed by atoms with Crippen molar-refractivity contribution >= 4 is 17.6 Å². The molecule has 1 amide bonds. The number of furan rings is 1. The Balaban J connectivity index is 1.53. The molecule has 1 saturated heterocycles. The van der Waals surface area contributed by atoms with Crippen LogP contribution in [-0.4, -0.2) is 61.1 Å². The van der Waals surface area contributed by atoms with E-state index >= 15 is 0 Å². The predicted molar refractivity (Wildman–Crippen MR) is 108 cm³/mol. The van der Waals surface area contributed by atoms with E-state index in [9.17, 15) is 9.90 Å². The Hall–Kier alpha value is -3.16. The highest BCUT2D eigenvalue weighted by Crippen LogP contribution is 2.27. The Morgan fingerprint density at radius 3 is 2.61 bits per heavy atom. The second-order valence-corrected chi connectivity index (χ2v) is 6.49. The van der Waals surface area contributed by atoms with Crippen LogP contribution in [-0.2, 0) is 11.3 Å². The zero-order valence-electron chi connectivity index (χ0n) is 16.1. The summed E-state index contributed by atoms with van der Waals surface area (Å²) >= 11 is 0. The summed E-state index contributed by atoms with van der Waals surface area (Å²) in [7, 11) is 0. The number of anilines is 1. The van der Waals surface area contributed by atoms with Gasteiger partial charge in [-0.15, -0.1) is 0 Å². The number of piperazine rings is 1. The van der Waals surface area contributed by atoms with E-state index in [1.807, 2.05) is 31.2 Å². The Morgan fingerprint density at radius 1 is 1.14 bits per heavy atom. The summed E-state index contributed by atoms with van der Waals surface area (Å²) in [5.74, 6) is 1.58. The maximum Gasteiger partial charge on any atom is 0.242 e. The van der Waals surface area contributed by atoms with Crippen LogP contribution in [0.3, 0.4) is 0 Å². The highest BCUT2D eigenvalue weighted by Gasteiger charge is 2.21. The number of nitrogens with one attached hydrogen (secondary N) is 2. The van der Waals surface area contributed by atoms with Crippen molar-refractivity contribution in [2.24, 2.45) is 4.99 Å². The molecule has 0 spiro atoms. The Morgan fingerprint density at radius 2 is 1.93 bits per heavy atom. The molecule has 0 unspecified atom stereocenters. The Labute approximate surface area is 164 Å². The van der Waals surface area contributed by atoms with Gasteiger partial charge in [-0.3, -0.25) is 4.79 Å². The number of amides is 1. The first-order valence-corrected chi connectivity index (χ1v) is 9.52. The number of aliphatic imine (C=N–C) groups is 1. The van der Waals surface area contributed by atoms with Gasteiger partial charge in [-0.2, -0.15) is 0 Å². The second kappa shape index (κ2) is 9.68. The minimum Gasteiger partial charge on any atom is -0.506 e. The third-order valence-corrected chi connectivity index (χ3v) is 4.55. The topological polar surface area (TPSA) is 93.3 Å². The molecule has 0 radical (unpaired) electrons. The highest BCUT2D eigenvalue weighted by atomic mass is 16.3. The highest BCUT2D eigenvalue weighted by molar-refractivity contribution is 5.85. The van der Waals surface area contributed by atoms with Gasteiger partial charge in [-0.1, -0.05) is 12.1 Å². The average Bonchev–Trinajstić information content (AvgIpc) is 3.24. The summed E-state index contributed by atoms with van der Waals surface area (Å²) < 4.78 is 5.20. The first kappa shape index (κ1) is 19.6. The van der Waals surface area contributed by atoms with E-state index < -0.39 is 0 Å². The molecular formula is C20H27N5O3. The lowest BCUT2D eigenvalue weighted by Gasteiger charge is -2.37. The van der Waals surface area contributed by atoms with Crippen LogP contribution in [0.15, 0.2) is 52.1 Å². The van der Waals surface area contributed by atoms with Gasteiger partial charge in [0.1, 0.15) is 18.1 Å². The molecule has 2 aromatic rings. The van der Waals surface area contributed by atoms with Crippen molar-refractivity contribution in [1.29, 1.82) is 0 Å². The van der Waals surface area contributed by atoms with Crippen molar-refractivity contribution in [2.75, 3.05) is 44.2 Å². The summed E-state index contributed by atoms with van der Waals surface area (Å²) in [5, 5.41) is 16.1. The lowest BCUT2D eigenvalue weighted by Crippen LogP contribution is -2.52. The molecule has 1 fully saturated rings. The molecular weight excluding hydrogens is 358 g/mol. The number of phenolic OH excluding ortho intramolecular Hbond substituents is 1. The van der Waals surface area contributed by atoms with Crippen LogP contribution in [0.25, 0.3) is 0 Å². The largest absolute Gasteiger partial charge is 0.506 e. The van der Waals surface area contributed by atoms with Gasteiger partial charge in [0.05, 0.1) is 18.5 Å². The number of benzene rings is 1. The predicted octanol–water partition coefficient (Wildman–Crippen LogP) is 1.39. The summed E-state index contributed by atoms with van der Waals surface area (Å²) in [6, 6.07) is 11.0. The van der Waals surface area contributed by atoms with Crippen LogP contribution in [0.4, 0.5) is 5.69 Å². The fourth-order valence-corrected chi connectivity index (χ4v) is 3.12. The SMILES string of the molecule is CCNC(=NCC(=O)NCc1ccco1)N1CCN(c2ccccc2O)CC1. The number of carbonyl (C=O) groups is 1. The molecule has 3 N–H and O–H groups in total. The summed E-state index contributed by atoms with van der Waals surface area (Å²) in [6.45, 7) is 6.21. The van der Waals surface area contributed by atoms with E-state index in [-0.39, 0.29) is 12.5 Å². The van der Waals surface area contributed by atoms with Crippen molar-refractivity contribution in [3.8, 4) is 5.75 Å². The standard InChI is InChI=1S/C20H27N5O3/c1-2-21-20(23-15-19(27)22-14-16-6-5-13-28-16)25-11-9-24(10-12-25)17-7-3-4-8-18(17)26/h3-8,13,26H,2,9-12,14-15H2,1H3,(H,21,23)(H,22,27). The third kappa shape index (κ3) is 5.18. The number of carbonyl (C=O) groups excluding carboxylic acids is 1. The Bertz CT molecular complexity index is 783. The fraction of sp³-hybridized carbons (Fsp3) is 0.400. The minimum absolute atomic E-state index is 0.0583. The number of rotatable bonds is 6. The molecule has 1 aromatic carbocycles. The van der Waals surface area contributed by atoms with Gasteiger partial charge in [0, 0.05) is 32.7 Å². The summed E-state index contributed by atoms with van der Waals surface area (Å²) in [4.78, 5) is 20.8. The molecule has 8 nitrogen and oxygen atoms in total. The first-order chi connectivity index (χ1) is 13.7. The monoisotopic (exact) mass is 385 g/mol. The van der Waals surface area contributed by atoms with E-state index in [4.69, 9.17) is 4.42 Å². The lowest BCUT2D eigenvalue weighted by molar-refractivity contribution is -0.119. The molecule has 1 aliphatic rings. The second-order valence-electron chi connectivity index (χ2n) is 6.49. The molecule has 3 rings (SSSR count). The molecule has 150 valence electrons. The van der Waals surface area contributed by atoms with E-state index in [0.717, 1.165) is 44.4 Å². The number of nitrogens with zero attached hydrogens (tertiary/aromatic N) is 3. The Kier molecular flexibility index (Phi) is 6.78. The molecule has 2 heterocycles. The quantitative estimate of drug-likeness (QED) is 0.514. The van der Waals surface area contributed by atoms with Crippen molar-refractivity contribution in [2.45, 2.75) is 13.5 Å². The van der Waals surface area contributed by atoms with E-state index in [1.165, 1.54) is 0 Å². The number of guanidine groups is 1. The van der Waals surface area contributed by atoms with Gasteiger partial charge >= 0.3 is 0 Å². The van der Waals surface area contributed by atoms with Crippen LogP contribution < -0.4 is 15.5 Å². The lowest BCUT2D eigenvalue weighted by atomic mass is 10.2. The van der Waals surface area contributed by atoms with Crippen molar-refractivity contribution in [1.82, 2.24) is 15.5 Å². The maximum atomic E-state index is 12.1. The molecule has 0 bridgehead atoms. The van der Waals surface area contributed by atoms with Gasteiger partial charge in [-0.25, -0.2) is 4.99 Å². The number of para-hydroxylation sites is 2. The molecule has 0 atom stereocenters. The minimum atomic E-state index is -0.153. The summed E-state index contributed by atoms with van der Waals surface area (Å²) in [6.07, 6.45) is 1.58. The van der Waals surface area contributed by atoms with Crippen LogP contribution in [0.5, 0.6) is 5.75 Å². The molecule has 1 aliphatic heterocycles. The zero-order valence-corrected chi connectivity index (χ0v) is 16.1. The third-order valence-electron chi connectivity index (χ3n) is 4.55. The van der Waals surface area contributed by atoms with Crippen LogP contribution in [0, 0.1) is 0 Å². The zero-order chi connectivity index (χ0) is 19.8. The van der Waals surface area contributed by atoms with E-state index in [2.05, 4.69) is 25.4 Å². The smallest absolute Gasteiger partial charge is 0.242 e. The number of hydrogen-bond donors (Lipinski definition) is 3. The number of aromatic hydroxyl groups is 1. The van der Waals surface area contributed by atoms with Gasteiger partial charge in [-0.05, 0) is 31.2 Å². The maximum absolute atomic E-state index is 12.1. The number of hydrogen-bond acceptors (Lipinski definition) is 5. The van der Waals surface area contributed by atoms with E-state index in [1.54, 1.807) is 18.4 Å². The summed E-state index contributed by atoms with van der Waals surface area (Å²) in [5.41, 5.74) is 0.849. The van der Waals surface area contributed by atoms with Crippen LogP contribution in [0.2, 0.25) is 0 Å². The molecule has 1 aromatic heterocycles. The van der Waals surface area contributed by atoms with E-state index in [0.29, 0.717) is 18.1 Å². The molecule has 0 saturated carbocycles. The van der Waals surface area contributed by atoms with Crippen molar-refractivity contribution in [3.63, 3.8) is 0 Å². The molecule has 0 aliphatic carbocycles. The first-order valence-electron chi connectivity index (χ1n) is 9.52. The average molecular weight is 385 g/mol. The van der Waals surface area contributed by atoms with Crippen molar-refractivity contribution in [3.05, 3.63) is 48.4 Å². The fourth-order valence-electron chi connectivity index (χ4n) is 3.12. The van der Waals surface area contributed by atoms with Crippen LogP contribution >= 0.6 is 0 Å². The van der Waals surface area contributed by atoms with Gasteiger partial charge in [0.2, 0.25) is 5.91 Å². The molecule has 8 heteroatoms.